The molecule has 1 aromatic carbocycles. The summed E-state index contributed by atoms with van der Waals surface area (Å²) in [5.74, 6) is -1.12. The molecular formula is C12H12BrN3O4S. The van der Waals surface area contributed by atoms with E-state index in [1.54, 1.807) is 24.0 Å². The van der Waals surface area contributed by atoms with Crippen LogP contribution in [0, 0.1) is 0 Å². The molecule has 0 amide bonds. The normalized spacial score (nSPS) is 11.5. The van der Waals surface area contributed by atoms with E-state index in [1.165, 1.54) is 18.2 Å². The Hall–Kier alpha value is -1.71. The zero-order chi connectivity index (χ0) is 15.6. The first-order valence-electron chi connectivity index (χ1n) is 5.80. The highest BCUT2D eigenvalue weighted by molar-refractivity contribution is 9.10. The fraction of sp³-hybridized carbons (Fsp3) is 0.167. The minimum atomic E-state index is -3.76. The highest BCUT2D eigenvalue weighted by Crippen LogP contribution is 2.23. The Bertz CT molecular complexity index is 786. The van der Waals surface area contributed by atoms with Gasteiger partial charge in [-0.25, -0.2) is 17.9 Å². The minimum absolute atomic E-state index is 0.00691. The molecule has 21 heavy (non-hydrogen) atoms. The van der Waals surface area contributed by atoms with E-state index in [0.29, 0.717) is 5.69 Å². The van der Waals surface area contributed by atoms with Crippen LogP contribution in [0.15, 0.2) is 39.8 Å². The third-order valence-corrected chi connectivity index (χ3v) is 5.21. The van der Waals surface area contributed by atoms with E-state index in [1.807, 2.05) is 0 Å². The van der Waals surface area contributed by atoms with E-state index in [4.69, 9.17) is 5.11 Å². The van der Waals surface area contributed by atoms with Gasteiger partial charge in [0.1, 0.15) is 0 Å². The lowest BCUT2D eigenvalue weighted by Crippen LogP contribution is -2.24. The summed E-state index contributed by atoms with van der Waals surface area (Å²) >= 11 is 3.08. The van der Waals surface area contributed by atoms with Gasteiger partial charge in [0, 0.05) is 17.7 Å². The Balaban J connectivity index is 2.23. The average molecular weight is 374 g/mol. The van der Waals surface area contributed by atoms with Crippen molar-refractivity contribution in [2.75, 3.05) is 0 Å². The number of nitrogens with zero attached hydrogens (tertiary/aromatic N) is 2. The lowest BCUT2D eigenvalue weighted by Gasteiger charge is -2.09. The van der Waals surface area contributed by atoms with Crippen molar-refractivity contribution in [3.63, 3.8) is 0 Å². The van der Waals surface area contributed by atoms with Crippen LogP contribution in [0.1, 0.15) is 16.1 Å². The Morgan fingerprint density at radius 1 is 1.43 bits per heavy atom. The van der Waals surface area contributed by atoms with Gasteiger partial charge < -0.3 is 5.11 Å². The van der Waals surface area contributed by atoms with Gasteiger partial charge in [-0.05, 0) is 40.2 Å². The zero-order valence-corrected chi connectivity index (χ0v) is 13.3. The van der Waals surface area contributed by atoms with Crippen molar-refractivity contribution in [2.45, 2.75) is 11.4 Å². The van der Waals surface area contributed by atoms with Crippen LogP contribution >= 0.6 is 15.9 Å². The van der Waals surface area contributed by atoms with Crippen molar-refractivity contribution in [2.24, 2.45) is 7.05 Å². The third-order valence-electron chi connectivity index (χ3n) is 2.83. The molecule has 0 aliphatic carbocycles. The topological polar surface area (TPSA) is 101 Å². The molecule has 2 aromatic rings. The maximum absolute atomic E-state index is 12.2. The average Bonchev–Trinajstić information content (AvgIpc) is 2.81. The van der Waals surface area contributed by atoms with Gasteiger partial charge in [0.25, 0.3) is 0 Å². The predicted octanol–water partition coefficient (Wildman–Crippen LogP) is 1.36. The lowest BCUT2D eigenvalue weighted by atomic mass is 10.2. The van der Waals surface area contributed by atoms with Crippen LogP contribution in [0.4, 0.5) is 0 Å². The molecule has 2 N–H and O–H groups in total. The lowest BCUT2D eigenvalue weighted by molar-refractivity contribution is 0.0696. The molecule has 0 saturated heterocycles. The van der Waals surface area contributed by atoms with E-state index in [-0.39, 0.29) is 21.5 Å². The standard InChI is InChI=1S/C12H12BrN3O4S/c1-16-9(4-5-14-16)7-15-21(19,20)11-3-2-8(12(17)18)6-10(11)13/h2-6,15H,7H2,1H3,(H,17,18). The SMILES string of the molecule is Cn1nccc1CNS(=O)(=O)c1ccc(C(=O)O)cc1Br. The highest BCUT2D eigenvalue weighted by atomic mass is 79.9. The first-order valence-corrected chi connectivity index (χ1v) is 8.08. The number of sulfonamides is 1. The Labute approximate surface area is 129 Å². The molecule has 0 aliphatic heterocycles. The van der Waals surface area contributed by atoms with Crippen LogP contribution < -0.4 is 4.72 Å². The molecule has 0 unspecified atom stereocenters. The van der Waals surface area contributed by atoms with E-state index in [9.17, 15) is 13.2 Å². The summed E-state index contributed by atoms with van der Waals surface area (Å²) in [6.45, 7) is 0.0892. The van der Waals surface area contributed by atoms with Gasteiger partial charge >= 0.3 is 5.97 Å². The molecule has 0 aliphatic rings. The summed E-state index contributed by atoms with van der Waals surface area (Å²) in [6.07, 6.45) is 1.57. The Kier molecular flexibility index (Phi) is 4.45. The maximum atomic E-state index is 12.2. The number of carboxylic acids is 1. The molecule has 0 fully saturated rings. The molecule has 2 rings (SSSR count). The number of carboxylic acid groups (broad SMARTS) is 1. The second-order valence-corrected chi connectivity index (χ2v) is 6.81. The molecule has 112 valence electrons. The number of benzene rings is 1. The van der Waals surface area contributed by atoms with Crippen molar-refractivity contribution in [1.82, 2.24) is 14.5 Å². The fourth-order valence-electron chi connectivity index (χ4n) is 1.67. The van der Waals surface area contributed by atoms with Gasteiger partial charge in [-0.3, -0.25) is 4.68 Å². The molecule has 0 radical (unpaired) electrons. The minimum Gasteiger partial charge on any atom is -0.478 e. The van der Waals surface area contributed by atoms with Crippen molar-refractivity contribution in [3.8, 4) is 0 Å². The smallest absolute Gasteiger partial charge is 0.335 e. The van der Waals surface area contributed by atoms with Gasteiger partial charge in [-0.1, -0.05) is 0 Å². The number of rotatable bonds is 5. The van der Waals surface area contributed by atoms with Crippen LogP contribution in [-0.2, 0) is 23.6 Å². The molecule has 0 bridgehead atoms. The summed E-state index contributed by atoms with van der Waals surface area (Å²) in [4.78, 5) is 10.8. The number of aromatic carboxylic acids is 1. The highest BCUT2D eigenvalue weighted by Gasteiger charge is 2.19. The van der Waals surface area contributed by atoms with E-state index in [0.717, 1.165) is 0 Å². The van der Waals surface area contributed by atoms with Gasteiger partial charge in [0.05, 0.1) is 22.7 Å². The summed E-state index contributed by atoms with van der Waals surface area (Å²) in [5, 5.41) is 12.8. The monoisotopic (exact) mass is 373 g/mol. The number of hydrogen-bond donors (Lipinski definition) is 2. The largest absolute Gasteiger partial charge is 0.478 e. The Morgan fingerprint density at radius 2 is 2.14 bits per heavy atom. The van der Waals surface area contributed by atoms with Gasteiger partial charge in [-0.2, -0.15) is 5.10 Å². The van der Waals surface area contributed by atoms with Crippen molar-refractivity contribution in [1.29, 1.82) is 0 Å². The van der Waals surface area contributed by atoms with Crippen LogP contribution in [-0.4, -0.2) is 29.3 Å². The van der Waals surface area contributed by atoms with Crippen LogP contribution in [0.3, 0.4) is 0 Å². The number of aryl methyl sites for hydroxylation is 1. The van der Waals surface area contributed by atoms with Crippen LogP contribution in [0.25, 0.3) is 0 Å². The molecule has 0 atom stereocenters. The summed E-state index contributed by atoms with van der Waals surface area (Å²) < 4.78 is 28.6. The number of carbonyl (C=O) groups is 1. The summed E-state index contributed by atoms with van der Waals surface area (Å²) in [7, 11) is -2.05. The van der Waals surface area contributed by atoms with Crippen molar-refractivity contribution in [3.05, 3.63) is 46.2 Å². The first-order chi connectivity index (χ1) is 9.81. The number of hydrogen-bond acceptors (Lipinski definition) is 4. The second-order valence-electron chi connectivity index (χ2n) is 4.22. The van der Waals surface area contributed by atoms with E-state index in [2.05, 4.69) is 25.8 Å². The molecule has 1 heterocycles. The number of halogens is 1. The van der Waals surface area contributed by atoms with Crippen LogP contribution in [0.2, 0.25) is 0 Å². The molecule has 7 nitrogen and oxygen atoms in total. The van der Waals surface area contributed by atoms with Gasteiger partial charge in [-0.15, -0.1) is 0 Å². The fourth-order valence-corrected chi connectivity index (χ4v) is 3.75. The van der Waals surface area contributed by atoms with Crippen molar-refractivity contribution >= 4 is 31.9 Å². The quantitative estimate of drug-likeness (QED) is 0.823. The maximum Gasteiger partial charge on any atom is 0.335 e. The summed E-state index contributed by atoms with van der Waals surface area (Å²) in [6, 6.07) is 5.44. The molecule has 0 saturated carbocycles. The van der Waals surface area contributed by atoms with Crippen molar-refractivity contribution < 1.29 is 18.3 Å². The van der Waals surface area contributed by atoms with Gasteiger partial charge in [0.2, 0.25) is 10.0 Å². The molecule has 9 heteroatoms. The van der Waals surface area contributed by atoms with E-state index < -0.39 is 16.0 Å². The molecular weight excluding hydrogens is 362 g/mol. The first kappa shape index (κ1) is 15.7. The molecule has 0 spiro atoms. The third kappa shape index (κ3) is 3.49. The number of nitrogens with one attached hydrogen (secondary N) is 1. The van der Waals surface area contributed by atoms with Crippen LogP contribution in [0.5, 0.6) is 0 Å². The second kappa shape index (κ2) is 5.96. The molecule has 1 aromatic heterocycles. The van der Waals surface area contributed by atoms with Gasteiger partial charge in [0.15, 0.2) is 0 Å². The predicted molar refractivity (Wildman–Crippen MR) is 78.3 cm³/mol. The summed E-state index contributed by atoms with van der Waals surface area (Å²) in [5.41, 5.74) is 0.712. The Morgan fingerprint density at radius 3 is 2.67 bits per heavy atom. The van der Waals surface area contributed by atoms with E-state index >= 15 is 0 Å². The number of aromatic nitrogens is 2. The zero-order valence-electron chi connectivity index (χ0n) is 10.9.